The lowest BCUT2D eigenvalue weighted by molar-refractivity contribution is -0.127. The Bertz CT molecular complexity index is 316. The van der Waals surface area contributed by atoms with Gasteiger partial charge in [-0.1, -0.05) is 39.5 Å². The van der Waals surface area contributed by atoms with Gasteiger partial charge in [0.05, 0.1) is 0 Å². The smallest absolute Gasteiger partial charge is 0.223 e. The molecule has 2 fully saturated rings. The fourth-order valence-electron chi connectivity index (χ4n) is 4.18. The van der Waals surface area contributed by atoms with E-state index in [-0.39, 0.29) is 17.9 Å². The number of carbonyl (C=O) groups is 1. The van der Waals surface area contributed by atoms with E-state index < -0.39 is 0 Å². The van der Waals surface area contributed by atoms with Gasteiger partial charge in [-0.05, 0) is 43.4 Å². The van der Waals surface area contributed by atoms with E-state index in [1.54, 1.807) is 0 Å². The van der Waals surface area contributed by atoms with Crippen molar-refractivity contribution in [2.45, 2.75) is 71.3 Å². The van der Waals surface area contributed by atoms with E-state index in [4.69, 9.17) is 5.73 Å². The Kier molecular flexibility index (Phi) is 5.88. The van der Waals surface area contributed by atoms with E-state index in [1.165, 1.54) is 32.1 Å². The van der Waals surface area contributed by atoms with E-state index in [2.05, 4.69) is 19.2 Å². The first-order valence-electron chi connectivity index (χ1n) is 8.59. The van der Waals surface area contributed by atoms with Crippen molar-refractivity contribution in [2.24, 2.45) is 29.4 Å². The number of carbonyl (C=O) groups excluding carboxylic acids is 1. The molecule has 4 unspecified atom stereocenters. The molecule has 3 nitrogen and oxygen atoms in total. The van der Waals surface area contributed by atoms with Crippen LogP contribution in [0.25, 0.3) is 0 Å². The third-order valence-electron chi connectivity index (χ3n) is 5.22. The van der Waals surface area contributed by atoms with Crippen LogP contribution in [0.4, 0.5) is 0 Å². The van der Waals surface area contributed by atoms with Crippen LogP contribution in [-0.4, -0.2) is 18.5 Å². The van der Waals surface area contributed by atoms with Crippen molar-refractivity contribution in [1.82, 2.24) is 5.32 Å². The molecule has 3 heteroatoms. The molecule has 0 spiro atoms. The maximum atomic E-state index is 12.3. The number of fused-ring (bicyclic) bond motifs is 1. The average Bonchev–Trinajstić information content (AvgIpc) is 2.43. The number of rotatable bonds is 5. The Labute approximate surface area is 124 Å². The minimum absolute atomic E-state index is 0.102. The van der Waals surface area contributed by atoms with Crippen LogP contribution in [0, 0.1) is 23.7 Å². The van der Waals surface area contributed by atoms with Crippen LogP contribution in [0.3, 0.4) is 0 Å². The quantitative estimate of drug-likeness (QED) is 0.813. The fraction of sp³-hybridized carbons (Fsp3) is 0.941. The summed E-state index contributed by atoms with van der Waals surface area (Å²) in [7, 11) is 0. The first-order chi connectivity index (χ1) is 9.56. The number of nitrogens with one attached hydrogen (secondary N) is 1. The van der Waals surface area contributed by atoms with Crippen LogP contribution in [0.5, 0.6) is 0 Å². The van der Waals surface area contributed by atoms with Gasteiger partial charge in [0.1, 0.15) is 0 Å². The normalized spacial score (nSPS) is 31.7. The molecule has 0 heterocycles. The van der Waals surface area contributed by atoms with Gasteiger partial charge in [0.15, 0.2) is 0 Å². The van der Waals surface area contributed by atoms with E-state index in [9.17, 15) is 4.79 Å². The van der Waals surface area contributed by atoms with Crippen molar-refractivity contribution in [3.63, 3.8) is 0 Å². The summed E-state index contributed by atoms with van der Waals surface area (Å²) >= 11 is 0. The molecule has 4 atom stereocenters. The topological polar surface area (TPSA) is 55.1 Å². The summed E-state index contributed by atoms with van der Waals surface area (Å²) in [5, 5.41) is 3.09. The minimum atomic E-state index is 0.102. The largest absolute Gasteiger partial charge is 0.354 e. The number of amides is 1. The second-order valence-corrected chi connectivity index (χ2v) is 7.45. The molecule has 2 rings (SSSR count). The van der Waals surface area contributed by atoms with Crippen LogP contribution < -0.4 is 11.1 Å². The highest BCUT2D eigenvalue weighted by molar-refractivity contribution is 5.78. The van der Waals surface area contributed by atoms with Crippen molar-refractivity contribution in [2.75, 3.05) is 6.54 Å². The zero-order valence-electron chi connectivity index (χ0n) is 13.2. The SMILES string of the molecule is CC(C)CC(N)CNC(=O)C1CCC2CCCCC2C1. The first-order valence-corrected chi connectivity index (χ1v) is 8.59. The lowest BCUT2D eigenvalue weighted by atomic mass is 9.67. The summed E-state index contributed by atoms with van der Waals surface area (Å²) in [5.41, 5.74) is 6.04. The molecule has 2 saturated carbocycles. The highest BCUT2D eigenvalue weighted by Crippen LogP contribution is 2.42. The van der Waals surface area contributed by atoms with Crippen LogP contribution >= 0.6 is 0 Å². The summed E-state index contributed by atoms with van der Waals surface area (Å²) in [5.74, 6) is 2.84. The van der Waals surface area contributed by atoms with Gasteiger partial charge in [-0.15, -0.1) is 0 Å². The molecule has 0 aromatic rings. The first kappa shape index (κ1) is 15.8. The Morgan fingerprint density at radius 1 is 1.15 bits per heavy atom. The molecule has 1 amide bonds. The van der Waals surface area contributed by atoms with Crippen molar-refractivity contribution in [1.29, 1.82) is 0 Å². The van der Waals surface area contributed by atoms with Crippen molar-refractivity contribution in [3.05, 3.63) is 0 Å². The van der Waals surface area contributed by atoms with Gasteiger partial charge in [-0.3, -0.25) is 4.79 Å². The lowest BCUT2D eigenvalue weighted by Gasteiger charge is -2.38. The molecule has 0 bridgehead atoms. The van der Waals surface area contributed by atoms with E-state index >= 15 is 0 Å². The summed E-state index contributed by atoms with van der Waals surface area (Å²) < 4.78 is 0. The zero-order chi connectivity index (χ0) is 14.5. The van der Waals surface area contributed by atoms with Gasteiger partial charge >= 0.3 is 0 Å². The van der Waals surface area contributed by atoms with Crippen molar-refractivity contribution < 1.29 is 4.79 Å². The maximum Gasteiger partial charge on any atom is 0.223 e. The summed E-state index contributed by atoms with van der Waals surface area (Å²) in [6.45, 7) is 4.99. The van der Waals surface area contributed by atoms with Gasteiger partial charge < -0.3 is 11.1 Å². The molecule has 2 aliphatic rings. The zero-order valence-corrected chi connectivity index (χ0v) is 13.2. The third kappa shape index (κ3) is 4.47. The minimum Gasteiger partial charge on any atom is -0.354 e. The fourth-order valence-corrected chi connectivity index (χ4v) is 4.18. The van der Waals surface area contributed by atoms with Gasteiger partial charge in [-0.2, -0.15) is 0 Å². The van der Waals surface area contributed by atoms with Gasteiger partial charge in [0, 0.05) is 18.5 Å². The van der Waals surface area contributed by atoms with Gasteiger partial charge in [0.2, 0.25) is 5.91 Å². The summed E-state index contributed by atoms with van der Waals surface area (Å²) in [4.78, 5) is 12.3. The second-order valence-electron chi connectivity index (χ2n) is 7.45. The average molecular weight is 280 g/mol. The predicted molar refractivity (Wildman–Crippen MR) is 83.2 cm³/mol. The molecule has 0 saturated heterocycles. The predicted octanol–water partition coefficient (Wildman–Crippen LogP) is 3.08. The Balaban J connectivity index is 1.73. The molecule has 20 heavy (non-hydrogen) atoms. The van der Waals surface area contributed by atoms with Crippen LogP contribution in [0.15, 0.2) is 0 Å². The Morgan fingerprint density at radius 2 is 1.85 bits per heavy atom. The van der Waals surface area contributed by atoms with E-state index in [1.807, 2.05) is 0 Å². The number of hydrogen-bond donors (Lipinski definition) is 2. The van der Waals surface area contributed by atoms with E-state index in [0.717, 1.165) is 31.1 Å². The Morgan fingerprint density at radius 3 is 2.55 bits per heavy atom. The maximum absolute atomic E-state index is 12.3. The van der Waals surface area contributed by atoms with Crippen molar-refractivity contribution in [3.8, 4) is 0 Å². The number of hydrogen-bond acceptors (Lipinski definition) is 2. The van der Waals surface area contributed by atoms with Crippen LogP contribution in [0.1, 0.15) is 65.2 Å². The molecule has 2 aliphatic carbocycles. The number of nitrogens with two attached hydrogens (primary N) is 1. The molecular formula is C17H32N2O. The monoisotopic (exact) mass is 280 g/mol. The molecule has 0 aliphatic heterocycles. The van der Waals surface area contributed by atoms with Crippen LogP contribution in [-0.2, 0) is 4.79 Å². The van der Waals surface area contributed by atoms with Gasteiger partial charge in [-0.25, -0.2) is 0 Å². The highest BCUT2D eigenvalue weighted by Gasteiger charge is 2.34. The standard InChI is InChI=1S/C17H32N2O/c1-12(2)9-16(18)11-19-17(20)15-8-7-13-5-3-4-6-14(13)10-15/h12-16H,3-11,18H2,1-2H3,(H,19,20). The second kappa shape index (κ2) is 7.44. The lowest BCUT2D eigenvalue weighted by Crippen LogP contribution is -2.42. The summed E-state index contributed by atoms with van der Waals surface area (Å²) in [6.07, 6.45) is 9.98. The highest BCUT2D eigenvalue weighted by atomic mass is 16.1. The van der Waals surface area contributed by atoms with E-state index in [0.29, 0.717) is 12.5 Å². The molecular weight excluding hydrogens is 248 g/mol. The molecule has 3 N–H and O–H groups in total. The third-order valence-corrected chi connectivity index (χ3v) is 5.22. The molecule has 116 valence electrons. The Hall–Kier alpha value is -0.570. The molecule has 0 aromatic heterocycles. The van der Waals surface area contributed by atoms with Crippen LogP contribution in [0.2, 0.25) is 0 Å². The van der Waals surface area contributed by atoms with Crippen molar-refractivity contribution >= 4 is 5.91 Å². The molecule has 0 radical (unpaired) electrons. The van der Waals surface area contributed by atoms with Gasteiger partial charge in [0.25, 0.3) is 0 Å². The summed E-state index contributed by atoms with van der Waals surface area (Å²) in [6, 6.07) is 0.102. The molecule has 0 aromatic carbocycles.